The number of amides is 1. The van der Waals surface area contributed by atoms with Gasteiger partial charge in [-0.1, -0.05) is 48.5 Å². The Morgan fingerprint density at radius 2 is 1.45 bits per heavy atom. The zero-order valence-corrected chi connectivity index (χ0v) is 19.2. The molecule has 1 amide bonds. The molecule has 4 rings (SSSR count). The van der Waals surface area contributed by atoms with E-state index in [1.807, 2.05) is 65.6 Å². The monoisotopic (exact) mass is 446 g/mol. The van der Waals surface area contributed by atoms with E-state index >= 15 is 0 Å². The summed E-state index contributed by atoms with van der Waals surface area (Å²) < 4.78 is 16.5. The van der Waals surface area contributed by atoms with Crippen molar-refractivity contribution in [3.05, 3.63) is 78.4 Å². The molecule has 172 valence electrons. The summed E-state index contributed by atoms with van der Waals surface area (Å²) in [4.78, 5) is 16.9. The number of carbonyl (C=O) groups excluding carboxylic acids is 1. The summed E-state index contributed by atoms with van der Waals surface area (Å²) in [5, 5.41) is 0. The maximum Gasteiger partial charge on any atom is 0.260 e. The lowest BCUT2D eigenvalue weighted by molar-refractivity contribution is -0.135. The van der Waals surface area contributed by atoms with Crippen molar-refractivity contribution in [1.82, 2.24) is 9.80 Å². The Bertz CT molecular complexity index is 1050. The summed E-state index contributed by atoms with van der Waals surface area (Å²) in [5.41, 5.74) is 3.39. The topological polar surface area (TPSA) is 51.2 Å². The van der Waals surface area contributed by atoms with E-state index in [4.69, 9.17) is 14.2 Å². The molecular weight excluding hydrogens is 416 g/mol. The zero-order valence-electron chi connectivity index (χ0n) is 19.2. The first-order valence-corrected chi connectivity index (χ1v) is 11.2. The average Bonchev–Trinajstić information content (AvgIpc) is 2.88. The van der Waals surface area contributed by atoms with Gasteiger partial charge in [-0.3, -0.25) is 9.69 Å². The van der Waals surface area contributed by atoms with E-state index in [-0.39, 0.29) is 12.5 Å². The first kappa shape index (κ1) is 22.7. The van der Waals surface area contributed by atoms with Crippen LogP contribution in [0.1, 0.15) is 5.56 Å². The highest BCUT2D eigenvalue weighted by Crippen LogP contribution is 2.26. The fraction of sp³-hybridized carbons (Fsp3) is 0.296. The van der Waals surface area contributed by atoms with Crippen LogP contribution in [0.25, 0.3) is 11.1 Å². The van der Waals surface area contributed by atoms with Gasteiger partial charge in [0.05, 0.1) is 14.2 Å². The van der Waals surface area contributed by atoms with Gasteiger partial charge in [0.2, 0.25) is 0 Å². The van der Waals surface area contributed by atoms with E-state index in [0.717, 1.165) is 47.8 Å². The molecule has 1 heterocycles. The van der Waals surface area contributed by atoms with Crippen molar-refractivity contribution in [3.8, 4) is 28.4 Å². The van der Waals surface area contributed by atoms with Crippen LogP contribution in [0.5, 0.6) is 17.2 Å². The molecule has 0 saturated carbocycles. The van der Waals surface area contributed by atoms with Crippen LogP contribution in [0.3, 0.4) is 0 Å². The smallest absolute Gasteiger partial charge is 0.260 e. The predicted molar refractivity (Wildman–Crippen MR) is 129 cm³/mol. The Balaban J connectivity index is 1.24. The van der Waals surface area contributed by atoms with Crippen LogP contribution in [0.2, 0.25) is 0 Å². The number of hydrogen-bond acceptors (Lipinski definition) is 5. The molecule has 0 spiro atoms. The van der Waals surface area contributed by atoms with Crippen LogP contribution in [0.15, 0.2) is 72.8 Å². The standard InChI is InChI=1S/C27H30N2O4/c1-31-25-13-10-23(26(18-25)32-2)19-28-14-16-29(17-15-28)27(30)20-33-24-11-8-22(9-12-24)21-6-4-3-5-7-21/h3-13,18H,14-17,19-20H2,1-2H3. The van der Waals surface area contributed by atoms with E-state index in [1.54, 1.807) is 14.2 Å². The molecule has 0 aromatic heterocycles. The maximum atomic E-state index is 12.6. The molecule has 0 aliphatic carbocycles. The largest absolute Gasteiger partial charge is 0.497 e. The van der Waals surface area contributed by atoms with Gasteiger partial charge in [-0.2, -0.15) is 0 Å². The maximum absolute atomic E-state index is 12.6. The first-order valence-electron chi connectivity index (χ1n) is 11.2. The number of hydrogen-bond donors (Lipinski definition) is 0. The molecule has 1 aliphatic heterocycles. The summed E-state index contributed by atoms with van der Waals surface area (Å²) in [7, 11) is 3.32. The molecule has 0 atom stereocenters. The Labute approximate surface area is 195 Å². The van der Waals surface area contributed by atoms with Crippen molar-refractivity contribution in [3.63, 3.8) is 0 Å². The third-order valence-electron chi connectivity index (χ3n) is 5.94. The summed E-state index contributed by atoms with van der Waals surface area (Å²) in [6.45, 7) is 3.83. The van der Waals surface area contributed by atoms with Crippen LogP contribution in [0, 0.1) is 0 Å². The Morgan fingerprint density at radius 3 is 2.12 bits per heavy atom. The molecule has 33 heavy (non-hydrogen) atoms. The van der Waals surface area contributed by atoms with E-state index in [1.165, 1.54) is 0 Å². The van der Waals surface area contributed by atoms with Gasteiger partial charge in [0.1, 0.15) is 17.2 Å². The minimum Gasteiger partial charge on any atom is -0.497 e. The van der Waals surface area contributed by atoms with Gasteiger partial charge in [-0.25, -0.2) is 0 Å². The Kier molecular flexibility index (Phi) is 7.47. The molecule has 3 aromatic carbocycles. The molecule has 0 unspecified atom stereocenters. The zero-order chi connectivity index (χ0) is 23.0. The number of nitrogens with zero attached hydrogens (tertiary/aromatic N) is 2. The molecule has 1 fully saturated rings. The van der Waals surface area contributed by atoms with Crippen molar-refractivity contribution in [2.45, 2.75) is 6.54 Å². The lowest BCUT2D eigenvalue weighted by atomic mass is 10.1. The van der Waals surface area contributed by atoms with Gasteiger partial charge in [0.25, 0.3) is 5.91 Å². The molecule has 6 heteroatoms. The lowest BCUT2D eigenvalue weighted by Crippen LogP contribution is -2.49. The minimum atomic E-state index is 0.0174. The highest BCUT2D eigenvalue weighted by atomic mass is 16.5. The first-order chi connectivity index (χ1) is 16.2. The fourth-order valence-electron chi connectivity index (χ4n) is 3.99. The van der Waals surface area contributed by atoms with Crippen molar-refractivity contribution in [2.24, 2.45) is 0 Å². The predicted octanol–water partition coefficient (Wildman–Crippen LogP) is 4.09. The van der Waals surface area contributed by atoms with Gasteiger partial charge in [0.15, 0.2) is 6.61 Å². The molecule has 0 bridgehead atoms. The molecule has 0 N–H and O–H groups in total. The van der Waals surface area contributed by atoms with Crippen molar-refractivity contribution in [2.75, 3.05) is 47.0 Å². The second-order valence-electron chi connectivity index (χ2n) is 8.01. The third-order valence-corrected chi connectivity index (χ3v) is 5.94. The van der Waals surface area contributed by atoms with Crippen LogP contribution in [0.4, 0.5) is 0 Å². The molecule has 1 saturated heterocycles. The van der Waals surface area contributed by atoms with Crippen molar-refractivity contribution < 1.29 is 19.0 Å². The molecule has 6 nitrogen and oxygen atoms in total. The van der Waals surface area contributed by atoms with Crippen LogP contribution in [-0.2, 0) is 11.3 Å². The highest BCUT2D eigenvalue weighted by Gasteiger charge is 2.22. The van der Waals surface area contributed by atoms with Crippen LogP contribution < -0.4 is 14.2 Å². The number of methoxy groups -OCH3 is 2. The van der Waals surface area contributed by atoms with E-state index in [9.17, 15) is 4.79 Å². The normalized spacial score (nSPS) is 14.1. The fourth-order valence-corrected chi connectivity index (χ4v) is 3.99. The number of ether oxygens (including phenoxy) is 3. The minimum absolute atomic E-state index is 0.0174. The number of benzene rings is 3. The summed E-state index contributed by atoms with van der Waals surface area (Å²) in [6, 6.07) is 23.9. The summed E-state index contributed by atoms with van der Waals surface area (Å²) >= 11 is 0. The molecule has 3 aromatic rings. The second-order valence-corrected chi connectivity index (χ2v) is 8.01. The van der Waals surface area contributed by atoms with Gasteiger partial charge in [-0.05, 0) is 29.3 Å². The van der Waals surface area contributed by atoms with Gasteiger partial charge < -0.3 is 19.1 Å². The van der Waals surface area contributed by atoms with E-state index in [2.05, 4.69) is 17.0 Å². The van der Waals surface area contributed by atoms with E-state index in [0.29, 0.717) is 18.8 Å². The number of rotatable bonds is 8. The quantitative estimate of drug-likeness (QED) is 0.522. The summed E-state index contributed by atoms with van der Waals surface area (Å²) in [6.07, 6.45) is 0. The Morgan fingerprint density at radius 1 is 0.788 bits per heavy atom. The third kappa shape index (κ3) is 5.84. The SMILES string of the molecule is COc1ccc(CN2CCN(C(=O)COc3ccc(-c4ccccc4)cc3)CC2)c(OC)c1. The average molecular weight is 447 g/mol. The second kappa shape index (κ2) is 10.9. The highest BCUT2D eigenvalue weighted by molar-refractivity contribution is 5.78. The molecule has 1 aliphatic rings. The van der Waals surface area contributed by atoms with Crippen molar-refractivity contribution in [1.29, 1.82) is 0 Å². The van der Waals surface area contributed by atoms with Gasteiger partial charge >= 0.3 is 0 Å². The number of carbonyl (C=O) groups is 1. The molecule has 0 radical (unpaired) electrons. The number of piperazine rings is 1. The van der Waals surface area contributed by atoms with E-state index < -0.39 is 0 Å². The van der Waals surface area contributed by atoms with Crippen LogP contribution in [-0.4, -0.2) is 62.7 Å². The van der Waals surface area contributed by atoms with Crippen molar-refractivity contribution >= 4 is 5.91 Å². The summed E-state index contributed by atoms with van der Waals surface area (Å²) in [5.74, 6) is 2.32. The Hall–Kier alpha value is -3.51. The van der Waals surface area contributed by atoms with Gasteiger partial charge in [-0.15, -0.1) is 0 Å². The van der Waals surface area contributed by atoms with Crippen LogP contribution >= 0.6 is 0 Å². The molecular formula is C27H30N2O4. The van der Waals surface area contributed by atoms with Gasteiger partial charge in [0, 0.05) is 44.4 Å². The lowest BCUT2D eigenvalue weighted by Gasteiger charge is -2.34.